The number of nitrogens with one attached hydrogen (secondary N) is 1. The van der Waals surface area contributed by atoms with E-state index in [9.17, 15) is 4.79 Å². The molecule has 1 heterocycles. The third-order valence-electron chi connectivity index (χ3n) is 4.36. The highest BCUT2D eigenvalue weighted by Crippen LogP contribution is 2.28. The van der Waals surface area contributed by atoms with Crippen LogP contribution in [-0.4, -0.2) is 26.4 Å². The third-order valence-corrected chi connectivity index (χ3v) is 7.04. The summed E-state index contributed by atoms with van der Waals surface area (Å²) in [5.41, 5.74) is 1.54. The number of halogens is 2. The van der Waals surface area contributed by atoms with Crippen molar-refractivity contribution in [3.8, 4) is 5.69 Å². The van der Waals surface area contributed by atoms with Gasteiger partial charge < -0.3 is 5.32 Å². The van der Waals surface area contributed by atoms with E-state index in [2.05, 4.69) is 27.6 Å². The smallest absolute Gasteiger partial charge is 0.234 e. The first-order valence-electron chi connectivity index (χ1n) is 9.65. The van der Waals surface area contributed by atoms with Gasteiger partial charge in [0.05, 0.1) is 21.6 Å². The van der Waals surface area contributed by atoms with E-state index in [1.54, 1.807) is 30.0 Å². The number of hydrogen-bond donors (Lipinski definition) is 1. The van der Waals surface area contributed by atoms with Gasteiger partial charge in [-0.1, -0.05) is 71.4 Å². The molecule has 0 unspecified atom stereocenters. The predicted octanol–water partition coefficient (Wildman–Crippen LogP) is 6.60. The molecule has 1 amide bonds. The van der Waals surface area contributed by atoms with Gasteiger partial charge in [-0.15, -0.1) is 22.0 Å². The monoisotopic (exact) mass is 500 g/mol. The highest BCUT2D eigenvalue weighted by molar-refractivity contribution is 7.99. The molecule has 9 heteroatoms. The first-order chi connectivity index (χ1) is 15.6. The van der Waals surface area contributed by atoms with Gasteiger partial charge in [0.1, 0.15) is 5.82 Å². The number of amides is 1. The zero-order chi connectivity index (χ0) is 22.3. The molecule has 0 aliphatic rings. The summed E-state index contributed by atoms with van der Waals surface area (Å²) >= 11 is 15.0. The van der Waals surface area contributed by atoms with E-state index < -0.39 is 0 Å². The molecule has 4 rings (SSSR count). The van der Waals surface area contributed by atoms with Gasteiger partial charge in [-0.05, 0) is 42.5 Å². The molecule has 3 aromatic carbocycles. The fraction of sp³-hybridized carbons (Fsp3) is 0.0870. The van der Waals surface area contributed by atoms with E-state index in [0.29, 0.717) is 26.6 Å². The summed E-state index contributed by atoms with van der Waals surface area (Å²) in [5, 5.41) is 13.1. The first-order valence-corrected chi connectivity index (χ1v) is 12.4. The summed E-state index contributed by atoms with van der Waals surface area (Å²) in [5.74, 6) is 1.48. The number of benzene rings is 3. The maximum Gasteiger partial charge on any atom is 0.234 e. The molecule has 0 saturated heterocycles. The molecule has 0 aliphatic carbocycles. The van der Waals surface area contributed by atoms with E-state index >= 15 is 0 Å². The fourth-order valence-corrected chi connectivity index (χ4v) is 4.79. The van der Waals surface area contributed by atoms with Crippen LogP contribution in [0.1, 0.15) is 5.82 Å². The lowest BCUT2D eigenvalue weighted by atomic mass is 10.3. The second kappa shape index (κ2) is 10.9. The van der Waals surface area contributed by atoms with Gasteiger partial charge >= 0.3 is 0 Å². The second-order valence-corrected chi connectivity index (χ2v) is 9.44. The molecule has 32 heavy (non-hydrogen) atoms. The van der Waals surface area contributed by atoms with Gasteiger partial charge in [-0.3, -0.25) is 9.36 Å². The Morgan fingerprint density at radius 3 is 2.31 bits per heavy atom. The van der Waals surface area contributed by atoms with Crippen LogP contribution >= 0.6 is 46.7 Å². The Balaban J connectivity index is 1.48. The number of carbonyl (C=O) groups is 1. The van der Waals surface area contributed by atoms with E-state index in [0.717, 1.165) is 16.4 Å². The first kappa shape index (κ1) is 22.7. The number of nitrogens with zero attached hydrogens (tertiary/aromatic N) is 3. The Bertz CT molecular complexity index is 1200. The van der Waals surface area contributed by atoms with Gasteiger partial charge in [-0.25, -0.2) is 0 Å². The molecule has 1 aromatic heterocycles. The number of hydrogen-bond acceptors (Lipinski definition) is 5. The minimum Gasteiger partial charge on any atom is -0.325 e. The van der Waals surface area contributed by atoms with Crippen LogP contribution in [0.3, 0.4) is 0 Å². The molecule has 5 nitrogen and oxygen atoms in total. The quantitative estimate of drug-likeness (QED) is 0.276. The Labute approximate surface area is 204 Å². The molecule has 0 bridgehead atoms. The van der Waals surface area contributed by atoms with Crippen molar-refractivity contribution in [1.82, 2.24) is 14.8 Å². The minimum atomic E-state index is -0.170. The van der Waals surface area contributed by atoms with Gasteiger partial charge in [0.25, 0.3) is 0 Å². The molecule has 0 saturated carbocycles. The van der Waals surface area contributed by atoms with Crippen LogP contribution < -0.4 is 5.32 Å². The Morgan fingerprint density at radius 1 is 0.875 bits per heavy atom. The highest BCUT2D eigenvalue weighted by Gasteiger charge is 2.16. The summed E-state index contributed by atoms with van der Waals surface area (Å²) in [6, 6.07) is 25.0. The predicted molar refractivity (Wildman–Crippen MR) is 133 cm³/mol. The third kappa shape index (κ3) is 5.86. The fourth-order valence-electron chi connectivity index (χ4n) is 2.89. The number of anilines is 1. The van der Waals surface area contributed by atoms with Crippen LogP contribution in [0, 0.1) is 0 Å². The molecule has 1 N–H and O–H groups in total. The van der Waals surface area contributed by atoms with Crippen LogP contribution in [0.25, 0.3) is 5.69 Å². The van der Waals surface area contributed by atoms with Crippen LogP contribution in [-0.2, 0) is 10.5 Å². The van der Waals surface area contributed by atoms with E-state index in [1.807, 2.05) is 53.1 Å². The summed E-state index contributed by atoms with van der Waals surface area (Å²) in [4.78, 5) is 13.6. The molecule has 162 valence electrons. The number of thioether (sulfide) groups is 2. The van der Waals surface area contributed by atoms with Crippen molar-refractivity contribution in [2.24, 2.45) is 0 Å². The second-order valence-electron chi connectivity index (χ2n) is 6.64. The SMILES string of the molecule is O=C(CSc1nnc(CSc2ccccc2)n1-c1ccccc1)Nc1ccc(Cl)c(Cl)c1. The Hall–Kier alpha value is -2.45. The lowest BCUT2D eigenvalue weighted by Crippen LogP contribution is -2.14. The van der Waals surface area contributed by atoms with E-state index in [-0.39, 0.29) is 11.7 Å². The zero-order valence-electron chi connectivity index (χ0n) is 16.7. The van der Waals surface area contributed by atoms with Crippen LogP contribution in [0.4, 0.5) is 5.69 Å². The molecule has 4 aromatic rings. The summed E-state index contributed by atoms with van der Waals surface area (Å²) in [6.07, 6.45) is 0. The maximum absolute atomic E-state index is 12.5. The Morgan fingerprint density at radius 2 is 1.59 bits per heavy atom. The summed E-state index contributed by atoms with van der Waals surface area (Å²) in [7, 11) is 0. The summed E-state index contributed by atoms with van der Waals surface area (Å²) in [6.45, 7) is 0. The lowest BCUT2D eigenvalue weighted by molar-refractivity contribution is -0.113. The number of aromatic nitrogens is 3. The number of rotatable bonds is 8. The van der Waals surface area contributed by atoms with Crippen LogP contribution in [0.2, 0.25) is 10.0 Å². The average Bonchev–Trinajstić information content (AvgIpc) is 3.23. The van der Waals surface area contributed by atoms with Crippen molar-refractivity contribution in [2.75, 3.05) is 11.1 Å². The molecular weight excluding hydrogens is 483 g/mol. The number of carbonyl (C=O) groups excluding carboxylic acids is 1. The average molecular weight is 501 g/mol. The normalized spacial score (nSPS) is 10.8. The van der Waals surface area contributed by atoms with Crippen molar-refractivity contribution < 1.29 is 4.79 Å². The van der Waals surface area contributed by atoms with Crippen molar-refractivity contribution >= 4 is 58.3 Å². The topological polar surface area (TPSA) is 59.8 Å². The highest BCUT2D eigenvalue weighted by atomic mass is 35.5. The molecule has 0 atom stereocenters. The molecule has 0 fully saturated rings. The van der Waals surface area contributed by atoms with Crippen molar-refractivity contribution in [1.29, 1.82) is 0 Å². The van der Waals surface area contributed by atoms with Gasteiger partial charge in [0, 0.05) is 16.3 Å². The number of para-hydroxylation sites is 1. The standard InChI is InChI=1S/C23H18Cl2N4OS2/c24-19-12-11-16(13-20(19)25)26-22(30)15-32-23-28-27-21(14-31-18-9-5-2-6-10-18)29(23)17-7-3-1-4-8-17/h1-13H,14-15H2,(H,26,30). The molecular formula is C23H18Cl2N4OS2. The molecule has 0 spiro atoms. The molecule has 0 radical (unpaired) electrons. The Kier molecular flexibility index (Phi) is 7.76. The molecule has 0 aliphatic heterocycles. The zero-order valence-corrected chi connectivity index (χ0v) is 19.9. The largest absolute Gasteiger partial charge is 0.325 e. The lowest BCUT2D eigenvalue weighted by Gasteiger charge is -2.10. The van der Waals surface area contributed by atoms with Crippen LogP contribution in [0.5, 0.6) is 0 Å². The summed E-state index contributed by atoms with van der Waals surface area (Å²) < 4.78 is 1.99. The van der Waals surface area contributed by atoms with Gasteiger partial charge in [0.15, 0.2) is 5.16 Å². The maximum atomic E-state index is 12.5. The van der Waals surface area contributed by atoms with Crippen LogP contribution in [0.15, 0.2) is 88.9 Å². The van der Waals surface area contributed by atoms with Gasteiger partial charge in [-0.2, -0.15) is 0 Å². The van der Waals surface area contributed by atoms with Crippen molar-refractivity contribution in [3.05, 3.63) is 94.7 Å². The van der Waals surface area contributed by atoms with Crippen molar-refractivity contribution in [3.63, 3.8) is 0 Å². The minimum absolute atomic E-state index is 0.170. The van der Waals surface area contributed by atoms with Gasteiger partial charge in [0.2, 0.25) is 5.91 Å². The van der Waals surface area contributed by atoms with Crippen molar-refractivity contribution in [2.45, 2.75) is 15.8 Å². The van der Waals surface area contributed by atoms with E-state index in [4.69, 9.17) is 23.2 Å². The van der Waals surface area contributed by atoms with E-state index in [1.165, 1.54) is 11.8 Å².